The number of furan rings is 1. The van der Waals surface area contributed by atoms with Crippen molar-refractivity contribution in [1.82, 2.24) is 0 Å². The summed E-state index contributed by atoms with van der Waals surface area (Å²) in [6, 6.07) is 12.6. The van der Waals surface area contributed by atoms with Crippen LogP contribution in [0.4, 0.5) is 0 Å². The van der Waals surface area contributed by atoms with Gasteiger partial charge in [-0.1, -0.05) is 30.3 Å². The Balaban J connectivity index is 2.11. The van der Waals surface area contributed by atoms with Crippen LogP contribution in [0.2, 0.25) is 0 Å². The van der Waals surface area contributed by atoms with Crippen molar-refractivity contribution in [3.8, 4) is 0 Å². The maximum absolute atomic E-state index is 11.5. The lowest BCUT2D eigenvalue weighted by Gasteiger charge is -2.10. The molecule has 0 saturated heterocycles. The van der Waals surface area contributed by atoms with Crippen LogP contribution in [0.5, 0.6) is 0 Å². The Morgan fingerprint density at radius 2 is 1.83 bits per heavy atom. The minimum atomic E-state index is -0.727. The standard InChI is InChI=1S/C14H10O4/c15-12-11(9-5-2-1-3-6-9)13(18-14(12)16)10-7-4-8-17-10/h1-8,13,15H. The van der Waals surface area contributed by atoms with Gasteiger partial charge in [0.1, 0.15) is 5.76 Å². The van der Waals surface area contributed by atoms with Gasteiger partial charge in [0.2, 0.25) is 5.76 Å². The maximum atomic E-state index is 11.5. The molecule has 1 N–H and O–H groups in total. The Morgan fingerprint density at radius 3 is 2.50 bits per heavy atom. The molecule has 1 aliphatic rings. The van der Waals surface area contributed by atoms with Gasteiger partial charge in [-0.15, -0.1) is 0 Å². The second-order valence-corrected chi connectivity index (χ2v) is 3.93. The third kappa shape index (κ3) is 1.59. The van der Waals surface area contributed by atoms with Gasteiger partial charge in [-0.05, 0) is 17.7 Å². The van der Waals surface area contributed by atoms with Crippen LogP contribution in [0.1, 0.15) is 17.4 Å². The summed E-state index contributed by atoms with van der Waals surface area (Å²) in [6.45, 7) is 0. The van der Waals surface area contributed by atoms with Crippen LogP contribution >= 0.6 is 0 Å². The highest BCUT2D eigenvalue weighted by Gasteiger charge is 2.37. The van der Waals surface area contributed by atoms with Gasteiger partial charge in [-0.2, -0.15) is 0 Å². The number of benzene rings is 1. The van der Waals surface area contributed by atoms with Crippen LogP contribution in [-0.2, 0) is 9.53 Å². The van der Waals surface area contributed by atoms with Crippen molar-refractivity contribution in [2.24, 2.45) is 0 Å². The number of hydrogen-bond donors (Lipinski definition) is 1. The molecule has 1 aromatic carbocycles. The van der Waals surface area contributed by atoms with Gasteiger partial charge in [-0.3, -0.25) is 0 Å². The van der Waals surface area contributed by atoms with E-state index in [9.17, 15) is 9.90 Å². The van der Waals surface area contributed by atoms with Gasteiger partial charge < -0.3 is 14.3 Å². The number of esters is 1. The van der Waals surface area contributed by atoms with E-state index in [1.165, 1.54) is 6.26 Å². The van der Waals surface area contributed by atoms with Gasteiger partial charge in [0.15, 0.2) is 6.10 Å². The zero-order chi connectivity index (χ0) is 12.5. The molecule has 0 aliphatic carbocycles. The van der Waals surface area contributed by atoms with Gasteiger partial charge >= 0.3 is 5.97 Å². The summed E-state index contributed by atoms with van der Waals surface area (Å²) < 4.78 is 10.4. The van der Waals surface area contributed by atoms with E-state index in [4.69, 9.17) is 9.15 Å². The predicted molar refractivity (Wildman–Crippen MR) is 63.5 cm³/mol. The fraction of sp³-hybridized carbons (Fsp3) is 0.0714. The number of ether oxygens (including phenoxy) is 1. The van der Waals surface area contributed by atoms with Gasteiger partial charge in [0.25, 0.3) is 0 Å². The van der Waals surface area contributed by atoms with Crippen LogP contribution in [-0.4, -0.2) is 11.1 Å². The minimum Gasteiger partial charge on any atom is -0.502 e. The second-order valence-electron chi connectivity index (χ2n) is 3.93. The molecule has 1 atom stereocenters. The molecule has 1 unspecified atom stereocenters. The van der Waals surface area contributed by atoms with Crippen molar-refractivity contribution in [2.45, 2.75) is 6.10 Å². The lowest BCUT2D eigenvalue weighted by molar-refractivity contribution is -0.142. The number of rotatable bonds is 2. The smallest absolute Gasteiger partial charge is 0.374 e. The lowest BCUT2D eigenvalue weighted by atomic mass is 9.99. The van der Waals surface area contributed by atoms with Crippen LogP contribution in [0.3, 0.4) is 0 Å². The number of aliphatic hydroxyl groups is 1. The molecule has 2 aromatic rings. The first kappa shape index (κ1) is 10.7. The summed E-state index contributed by atoms with van der Waals surface area (Å²) in [5, 5.41) is 9.84. The quantitative estimate of drug-likeness (QED) is 0.822. The van der Waals surface area contributed by atoms with E-state index in [0.29, 0.717) is 11.3 Å². The summed E-state index contributed by atoms with van der Waals surface area (Å²) in [5.74, 6) is -0.593. The molecule has 2 heterocycles. The first-order valence-corrected chi connectivity index (χ1v) is 5.50. The Bertz CT molecular complexity index is 596. The molecule has 0 bridgehead atoms. The minimum absolute atomic E-state index is 0.359. The Hall–Kier alpha value is -2.49. The molecule has 18 heavy (non-hydrogen) atoms. The van der Waals surface area contributed by atoms with Crippen molar-refractivity contribution in [3.05, 3.63) is 65.8 Å². The van der Waals surface area contributed by atoms with Crippen molar-refractivity contribution < 1.29 is 19.1 Å². The van der Waals surface area contributed by atoms with E-state index in [-0.39, 0.29) is 5.76 Å². The highest BCUT2D eigenvalue weighted by atomic mass is 16.6. The molecule has 90 valence electrons. The summed E-state index contributed by atoms with van der Waals surface area (Å²) >= 11 is 0. The molecule has 0 radical (unpaired) electrons. The number of hydrogen-bond acceptors (Lipinski definition) is 4. The first-order chi connectivity index (χ1) is 8.77. The van der Waals surface area contributed by atoms with Crippen LogP contribution in [0.25, 0.3) is 5.57 Å². The van der Waals surface area contributed by atoms with Gasteiger partial charge in [0.05, 0.1) is 11.8 Å². The van der Waals surface area contributed by atoms with Gasteiger partial charge in [0, 0.05) is 0 Å². The normalized spacial score (nSPS) is 19.1. The highest BCUT2D eigenvalue weighted by Crippen LogP contribution is 2.40. The average molecular weight is 242 g/mol. The third-order valence-corrected chi connectivity index (χ3v) is 2.82. The van der Waals surface area contributed by atoms with E-state index in [2.05, 4.69) is 0 Å². The lowest BCUT2D eigenvalue weighted by Crippen LogP contribution is -2.02. The zero-order valence-corrected chi connectivity index (χ0v) is 9.37. The maximum Gasteiger partial charge on any atom is 0.374 e. The fourth-order valence-corrected chi connectivity index (χ4v) is 2.00. The van der Waals surface area contributed by atoms with Gasteiger partial charge in [-0.25, -0.2) is 4.79 Å². The van der Waals surface area contributed by atoms with Crippen LogP contribution in [0, 0.1) is 0 Å². The Labute approximate surface area is 103 Å². The van der Waals surface area contributed by atoms with Crippen LogP contribution < -0.4 is 0 Å². The zero-order valence-electron chi connectivity index (χ0n) is 9.37. The van der Waals surface area contributed by atoms with Crippen molar-refractivity contribution >= 4 is 11.5 Å². The molecule has 0 fully saturated rings. The number of carbonyl (C=O) groups is 1. The number of aliphatic hydroxyl groups excluding tert-OH is 1. The molecule has 0 amide bonds. The van der Waals surface area contributed by atoms with Crippen LogP contribution in [0.15, 0.2) is 58.9 Å². The summed E-state index contributed by atoms with van der Waals surface area (Å²) in [6.07, 6.45) is 0.816. The molecule has 3 rings (SSSR count). The monoisotopic (exact) mass is 242 g/mol. The summed E-state index contributed by atoms with van der Waals surface area (Å²) in [5.41, 5.74) is 1.18. The SMILES string of the molecule is O=C1OC(c2ccco2)C(c2ccccc2)=C1O. The van der Waals surface area contributed by atoms with Crippen molar-refractivity contribution in [2.75, 3.05) is 0 Å². The van der Waals surface area contributed by atoms with E-state index in [1.807, 2.05) is 30.3 Å². The Morgan fingerprint density at radius 1 is 1.06 bits per heavy atom. The molecule has 1 aliphatic heterocycles. The molecule has 0 saturated carbocycles. The molecular weight excluding hydrogens is 232 g/mol. The Kier molecular flexibility index (Phi) is 2.41. The summed E-state index contributed by atoms with van der Waals surface area (Å²) in [7, 11) is 0. The number of carbonyl (C=O) groups excluding carboxylic acids is 1. The molecule has 0 spiro atoms. The molecule has 4 heteroatoms. The average Bonchev–Trinajstić information content (AvgIpc) is 3.00. The molecule has 1 aromatic heterocycles. The predicted octanol–water partition coefficient (Wildman–Crippen LogP) is 2.85. The van der Waals surface area contributed by atoms with Crippen molar-refractivity contribution in [1.29, 1.82) is 0 Å². The second kappa shape index (κ2) is 4.07. The van der Waals surface area contributed by atoms with E-state index < -0.39 is 12.1 Å². The largest absolute Gasteiger partial charge is 0.502 e. The topological polar surface area (TPSA) is 59.7 Å². The van der Waals surface area contributed by atoms with Crippen molar-refractivity contribution in [3.63, 3.8) is 0 Å². The first-order valence-electron chi connectivity index (χ1n) is 5.50. The van der Waals surface area contributed by atoms with E-state index in [1.54, 1.807) is 12.1 Å². The molecule has 4 nitrogen and oxygen atoms in total. The van der Waals surface area contributed by atoms with E-state index >= 15 is 0 Å². The number of cyclic esters (lactones) is 1. The summed E-state index contributed by atoms with van der Waals surface area (Å²) in [4.78, 5) is 11.5. The third-order valence-electron chi connectivity index (χ3n) is 2.82. The fourth-order valence-electron chi connectivity index (χ4n) is 2.00. The van der Waals surface area contributed by atoms with E-state index in [0.717, 1.165) is 5.56 Å². The molecular formula is C14H10O4. The highest BCUT2D eigenvalue weighted by molar-refractivity contribution is 6.00.